The lowest BCUT2D eigenvalue weighted by Gasteiger charge is -2.37. The Morgan fingerprint density at radius 1 is 1.58 bits per heavy atom. The van der Waals surface area contributed by atoms with Crippen molar-refractivity contribution in [1.29, 1.82) is 0 Å². The molecule has 2 heteroatoms. The fourth-order valence-corrected chi connectivity index (χ4v) is 1.98. The summed E-state index contributed by atoms with van der Waals surface area (Å²) in [5.41, 5.74) is 0. The first-order valence-corrected chi connectivity index (χ1v) is 4.92. The van der Waals surface area contributed by atoms with Crippen LogP contribution in [-0.2, 0) is 4.79 Å². The Kier molecular flexibility index (Phi) is 3.27. The van der Waals surface area contributed by atoms with Gasteiger partial charge in [0.25, 0.3) is 0 Å². The smallest absolute Gasteiger partial charge is 0.135 e. The van der Waals surface area contributed by atoms with E-state index in [1.807, 2.05) is 0 Å². The van der Waals surface area contributed by atoms with Gasteiger partial charge in [-0.1, -0.05) is 6.92 Å². The highest BCUT2D eigenvalue weighted by Gasteiger charge is 2.26. The van der Waals surface area contributed by atoms with E-state index in [2.05, 4.69) is 25.7 Å². The number of rotatable bonds is 2. The zero-order chi connectivity index (χ0) is 9.14. The average molecular weight is 169 g/mol. The molecular weight excluding hydrogens is 150 g/mol. The second-order valence-corrected chi connectivity index (χ2v) is 3.89. The van der Waals surface area contributed by atoms with E-state index < -0.39 is 0 Å². The first kappa shape index (κ1) is 9.72. The van der Waals surface area contributed by atoms with Gasteiger partial charge in [0.05, 0.1) is 0 Å². The highest BCUT2D eigenvalue weighted by molar-refractivity contribution is 5.79. The SMILES string of the molecule is CCC1CC(=O)CCN1C(C)C. The van der Waals surface area contributed by atoms with Crippen LogP contribution in [0.15, 0.2) is 0 Å². The number of hydrogen-bond acceptors (Lipinski definition) is 2. The number of carbonyl (C=O) groups is 1. The van der Waals surface area contributed by atoms with Crippen LogP contribution in [0.4, 0.5) is 0 Å². The molecule has 1 aliphatic rings. The van der Waals surface area contributed by atoms with Crippen LogP contribution in [-0.4, -0.2) is 29.3 Å². The number of ketones is 1. The lowest BCUT2D eigenvalue weighted by molar-refractivity contribution is -0.123. The van der Waals surface area contributed by atoms with Gasteiger partial charge in [0.15, 0.2) is 0 Å². The summed E-state index contributed by atoms with van der Waals surface area (Å²) in [5, 5.41) is 0. The number of carbonyl (C=O) groups excluding carboxylic acids is 1. The van der Waals surface area contributed by atoms with Gasteiger partial charge < -0.3 is 0 Å². The van der Waals surface area contributed by atoms with Crippen molar-refractivity contribution >= 4 is 5.78 Å². The molecule has 1 fully saturated rings. The molecule has 1 atom stereocenters. The number of nitrogens with zero attached hydrogens (tertiary/aromatic N) is 1. The third kappa shape index (κ3) is 2.07. The molecule has 1 rings (SSSR count). The van der Waals surface area contributed by atoms with Gasteiger partial charge >= 0.3 is 0 Å². The van der Waals surface area contributed by atoms with Gasteiger partial charge in [0, 0.05) is 31.5 Å². The van der Waals surface area contributed by atoms with Crippen LogP contribution in [0.2, 0.25) is 0 Å². The summed E-state index contributed by atoms with van der Waals surface area (Å²) in [4.78, 5) is 13.6. The second kappa shape index (κ2) is 4.04. The molecule has 1 heterocycles. The first-order valence-electron chi connectivity index (χ1n) is 4.92. The zero-order valence-corrected chi connectivity index (χ0v) is 8.34. The molecule has 0 aromatic heterocycles. The molecule has 0 saturated carbocycles. The lowest BCUT2D eigenvalue weighted by atomic mass is 9.97. The molecule has 0 spiro atoms. The number of Topliss-reactive ketones (excluding diaryl/α,β-unsaturated/α-hetero) is 1. The minimum absolute atomic E-state index is 0.443. The minimum atomic E-state index is 0.443. The Morgan fingerprint density at radius 2 is 2.25 bits per heavy atom. The van der Waals surface area contributed by atoms with Crippen LogP contribution < -0.4 is 0 Å². The fraction of sp³-hybridized carbons (Fsp3) is 0.900. The predicted molar refractivity (Wildman–Crippen MR) is 50.2 cm³/mol. The van der Waals surface area contributed by atoms with Gasteiger partial charge in [-0.15, -0.1) is 0 Å². The van der Waals surface area contributed by atoms with Crippen molar-refractivity contribution in [3.05, 3.63) is 0 Å². The van der Waals surface area contributed by atoms with Gasteiger partial charge in [0.2, 0.25) is 0 Å². The molecule has 70 valence electrons. The maximum Gasteiger partial charge on any atom is 0.135 e. The first-order chi connectivity index (χ1) is 5.65. The van der Waals surface area contributed by atoms with E-state index in [1.165, 1.54) is 0 Å². The summed E-state index contributed by atoms with van der Waals surface area (Å²) in [6.07, 6.45) is 2.63. The third-order valence-corrected chi connectivity index (χ3v) is 2.72. The van der Waals surface area contributed by atoms with Crippen LogP contribution in [0.1, 0.15) is 40.0 Å². The summed E-state index contributed by atoms with van der Waals surface area (Å²) < 4.78 is 0. The molecule has 0 aliphatic carbocycles. The average Bonchev–Trinajstić information content (AvgIpc) is 2.03. The Morgan fingerprint density at radius 3 is 2.75 bits per heavy atom. The van der Waals surface area contributed by atoms with E-state index in [0.717, 1.165) is 25.8 Å². The van der Waals surface area contributed by atoms with Gasteiger partial charge in [-0.3, -0.25) is 9.69 Å². The maximum absolute atomic E-state index is 11.2. The molecule has 0 bridgehead atoms. The molecule has 0 amide bonds. The predicted octanol–water partition coefficient (Wildman–Crippen LogP) is 1.84. The van der Waals surface area contributed by atoms with Crippen LogP contribution in [0.5, 0.6) is 0 Å². The fourth-order valence-electron chi connectivity index (χ4n) is 1.98. The molecule has 0 radical (unpaired) electrons. The van der Waals surface area contributed by atoms with Crippen LogP contribution >= 0.6 is 0 Å². The normalized spacial score (nSPS) is 26.7. The van der Waals surface area contributed by atoms with Crippen molar-refractivity contribution in [2.45, 2.75) is 52.1 Å². The monoisotopic (exact) mass is 169 g/mol. The van der Waals surface area contributed by atoms with Crippen molar-refractivity contribution < 1.29 is 4.79 Å². The summed E-state index contributed by atoms with van der Waals surface area (Å²) in [7, 11) is 0. The zero-order valence-electron chi connectivity index (χ0n) is 8.34. The number of likely N-dealkylation sites (tertiary alicyclic amines) is 1. The largest absolute Gasteiger partial charge is 0.300 e. The van der Waals surface area contributed by atoms with Gasteiger partial charge in [0.1, 0.15) is 5.78 Å². The quantitative estimate of drug-likeness (QED) is 0.628. The topological polar surface area (TPSA) is 20.3 Å². The highest BCUT2D eigenvalue weighted by atomic mass is 16.1. The minimum Gasteiger partial charge on any atom is -0.300 e. The molecule has 12 heavy (non-hydrogen) atoms. The van der Waals surface area contributed by atoms with Gasteiger partial charge in [-0.2, -0.15) is 0 Å². The molecule has 0 aromatic rings. The van der Waals surface area contributed by atoms with E-state index in [9.17, 15) is 4.79 Å². The van der Waals surface area contributed by atoms with Crippen LogP contribution in [0.3, 0.4) is 0 Å². The van der Waals surface area contributed by atoms with E-state index in [0.29, 0.717) is 17.9 Å². The molecular formula is C10H19NO. The molecule has 2 nitrogen and oxygen atoms in total. The molecule has 1 aliphatic heterocycles. The Hall–Kier alpha value is -0.370. The van der Waals surface area contributed by atoms with Crippen molar-refractivity contribution in [1.82, 2.24) is 4.90 Å². The summed E-state index contributed by atoms with van der Waals surface area (Å²) >= 11 is 0. The highest BCUT2D eigenvalue weighted by Crippen LogP contribution is 2.19. The summed E-state index contributed by atoms with van der Waals surface area (Å²) in [5.74, 6) is 0.443. The second-order valence-electron chi connectivity index (χ2n) is 3.89. The van der Waals surface area contributed by atoms with E-state index >= 15 is 0 Å². The Balaban J connectivity index is 2.56. The Bertz CT molecular complexity index is 165. The van der Waals surface area contributed by atoms with Gasteiger partial charge in [-0.05, 0) is 20.3 Å². The van der Waals surface area contributed by atoms with E-state index in [-0.39, 0.29) is 0 Å². The maximum atomic E-state index is 11.2. The van der Waals surface area contributed by atoms with Crippen molar-refractivity contribution in [3.8, 4) is 0 Å². The lowest BCUT2D eigenvalue weighted by Crippen LogP contribution is -2.46. The van der Waals surface area contributed by atoms with E-state index in [4.69, 9.17) is 0 Å². The molecule has 1 unspecified atom stereocenters. The summed E-state index contributed by atoms with van der Waals surface area (Å²) in [6.45, 7) is 7.55. The van der Waals surface area contributed by atoms with Crippen molar-refractivity contribution in [2.24, 2.45) is 0 Å². The van der Waals surface area contributed by atoms with Gasteiger partial charge in [-0.25, -0.2) is 0 Å². The molecule has 1 saturated heterocycles. The van der Waals surface area contributed by atoms with Crippen LogP contribution in [0, 0.1) is 0 Å². The number of piperidine rings is 1. The standard InChI is InChI=1S/C10H19NO/c1-4-9-7-10(12)5-6-11(9)8(2)3/h8-9H,4-7H2,1-3H3. The van der Waals surface area contributed by atoms with Crippen LogP contribution in [0.25, 0.3) is 0 Å². The van der Waals surface area contributed by atoms with Crippen molar-refractivity contribution in [3.63, 3.8) is 0 Å². The van der Waals surface area contributed by atoms with E-state index in [1.54, 1.807) is 0 Å². The number of hydrogen-bond donors (Lipinski definition) is 0. The molecule has 0 aromatic carbocycles. The molecule has 0 N–H and O–H groups in total. The van der Waals surface area contributed by atoms with Crippen molar-refractivity contribution in [2.75, 3.05) is 6.54 Å². The Labute approximate surface area is 74.9 Å². The third-order valence-electron chi connectivity index (χ3n) is 2.72. The summed E-state index contributed by atoms with van der Waals surface area (Å²) in [6, 6.07) is 1.09.